The molecule has 19 heavy (non-hydrogen) atoms. The monoisotopic (exact) mass is 325 g/mol. The van der Waals surface area contributed by atoms with E-state index in [1.807, 2.05) is 6.07 Å². The van der Waals surface area contributed by atoms with Gasteiger partial charge in [-0.3, -0.25) is 4.79 Å². The van der Waals surface area contributed by atoms with Gasteiger partial charge in [0.2, 0.25) is 0 Å². The van der Waals surface area contributed by atoms with Gasteiger partial charge in [-0.1, -0.05) is 6.92 Å². The van der Waals surface area contributed by atoms with Gasteiger partial charge in [-0.2, -0.15) is 0 Å². The van der Waals surface area contributed by atoms with E-state index in [-0.39, 0.29) is 11.5 Å². The maximum atomic E-state index is 11.3. The highest BCUT2D eigenvalue weighted by atomic mass is 79.9. The Bertz CT molecular complexity index is 537. The Morgan fingerprint density at radius 2 is 2.16 bits per heavy atom. The molecule has 0 aromatic heterocycles. The molecule has 0 fully saturated rings. The quantitative estimate of drug-likeness (QED) is 0.615. The van der Waals surface area contributed by atoms with E-state index >= 15 is 0 Å². The van der Waals surface area contributed by atoms with Crippen molar-refractivity contribution in [2.45, 2.75) is 52.5 Å². The molecule has 0 amide bonds. The van der Waals surface area contributed by atoms with E-state index in [0.29, 0.717) is 11.7 Å². The van der Waals surface area contributed by atoms with Crippen LogP contribution in [0.4, 0.5) is 5.69 Å². The van der Waals surface area contributed by atoms with Crippen LogP contribution in [0.2, 0.25) is 0 Å². The fraction of sp³-hybridized carbons (Fsp3) is 0.533. The van der Waals surface area contributed by atoms with Crippen LogP contribution in [0.3, 0.4) is 0 Å². The van der Waals surface area contributed by atoms with E-state index < -0.39 is 0 Å². The summed E-state index contributed by atoms with van der Waals surface area (Å²) in [6.45, 7) is 10.1. The first-order chi connectivity index (χ1) is 8.71. The van der Waals surface area contributed by atoms with Gasteiger partial charge in [-0.05, 0) is 60.7 Å². The van der Waals surface area contributed by atoms with Gasteiger partial charge in [0.05, 0.1) is 4.47 Å². The van der Waals surface area contributed by atoms with Crippen LogP contribution in [-0.4, -0.2) is 11.5 Å². The van der Waals surface area contributed by atoms with Gasteiger partial charge in [0.25, 0.3) is 0 Å². The maximum Gasteiger partial charge on any atom is 0.308 e. The lowest BCUT2D eigenvalue weighted by molar-refractivity contribution is -0.132. The molecule has 2 rings (SSSR count). The normalized spacial score (nSPS) is 20.4. The molecule has 1 unspecified atom stereocenters. The average Bonchev–Trinajstić information content (AvgIpc) is 2.22. The third-order valence-electron chi connectivity index (χ3n) is 3.49. The predicted octanol–water partition coefficient (Wildman–Crippen LogP) is 4.38. The van der Waals surface area contributed by atoms with Crippen LogP contribution in [0.1, 0.15) is 51.2 Å². The summed E-state index contributed by atoms with van der Waals surface area (Å²) in [7, 11) is 0. The van der Waals surface area contributed by atoms with E-state index in [2.05, 4.69) is 48.9 Å². The molecule has 4 heteroatoms. The number of hydrogen-bond acceptors (Lipinski definition) is 3. The van der Waals surface area contributed by atoms with Gasteiger partial charge in [0.15, 0.2) is 5.75 Å². The molecule has 1 aromatic rings. The Balaban J connectivity index is 2.63. The molecule has 1 aliphatic heterocycles. The summed E-state index contributed by atoms with van der Waals surface area (Å²) in [4.78, 5) is 11.3. The van der Waals surface area contributed by atoms with Gasteiger partial charge < -0.3 is 10.1 Å². The molecular weight excluding hydrogens is 306 g/mol. The Hall–Kier alpha value is -1.03. The molecule has 0 bridgehead atoms. The van der Waals surface area contributed by atoms with Crippen LogP contribution in [0.25, 0.3) is 0 Å². The minimum atomic E-state index is -0.288. The highest BCUT2D eigenvalue weighted by Crippen LogP contribution is 2.48. The third kappa shape index (κ3) is 2.78. The number of aryl methyl sites for hydroxylation is 1. The lowest BCUT2D eigenvalue weighted by Gasteiger charge is -2.39. The van der Waals surface area contributed by atoms with Crippen molar-refractivity contribution >= 4 is 27.6 Å². The minimum absolute atomic E-state index is 0.0541. The third-order valence-corrected chi connectivity index (χ3v) is 4.08. The minimum Gasteiger partial charge on any atom is -0.425 e. The number of halogens is 1. The summed E-state index contributed by atoms with van der Waals surface area (Å²) in [5, 5.41) is 3.56. The number of ether oxygens (including phenoxy) is 1. The van der Waals surface area contributed by atoms with Crippen molar-refractivity contribution in [1.82, 2.24) is 0 Å². The number of carbonyl (C=O) groups excluding carboxylic acids is 1. The molecule has 1 heterocycles. The SMILES string of the molecule is CC(=O)Oc1c(Br)cc(C)c2c1C(C)CC(C)(C)N2. The summed E-state index contributed by atoms with van der Waals surface area (Å²) in [6, 6.07) is 2.00. The summed E-state index contributed by atoms with van der Waals surface area (Å²) >= 11 is 3.51. The highest BCUT2D eigenvalue weighted by Gasteiger charge is 2.33. The predicted molar refractivity (Wildman–Crippen MR) is 80.9 cm³/mol. The molecule has 1 aliphatic rings. The first-order valence-electron chi connectivity index (χ1n) is 6.51. The molecule has 1 N–H and O–H groups in total. The Kier molecular flexibility index (Phi) is 3.65. The summed E-state index contributed by atoms with van der Waals surface area (Å²) in [5.74, 6) is 0.712. The number of hydrogen-bond donors (Lipinski definition) is 1. The van der Waals surface area contributed by atoms with E-state index in [1.54, 1.807) is 0 Å². The van der Waals surface area contributed by atoms with E-state index in [4.69, 9.17) is 4.74 Å². The molecule has 1 atom stereocenters. The Morgan fingerprint density at radius 1 is 1.53 bits per heavy atom. The van der Waals surface area contributed by atoms with Crippen LogP contribution >= 0.6 is 15.9 Å². The first kappa shape index (κ1) is 14.4. The van der Waals surface area contributed by atoms with Gasteiger partial charge in [-0.15, -0.1) is 0 Å². The summed E-state index contributed by atoms with van der Waals surface area (Å²) in [5.41, 5.74) is 3.42. The lowest BCUT2D eigenvalue weighted by atomic mass is 9.80. The second-order valence-corrected chi connectivity index (χ2v) is 6.86. The molecule has 1 aromatic carbocycles. The molecule has 0 saturated carbocycles. The molecule has 0 spiro atoms. The zero-order valence-electron chi connectivity index (χ0n) is 12.1. The molecule has 0 aliphatic carbocycles. The van der Waals surface area contributed by atoms with E-state index in [1.165, 1.54) is 6.92 Å². The Morgan fingerprint density at radius 3 is 2.74 bits per heavy atom. The van der Waals surface area contributed by atoms with Crippen molar-refractivity contribution in [3.8, 4) is 5.75 Å². The zero-order valence-corrected chi connectivity index (χ0v) is 13.6. The second kappa shape index (κ2) is 4.82. The van der Waals surface area contributed by atoms with Crippen LogP contribution in [-0.2, 0) is 4.79 Å². The molecule has 0 radical (unpaired) electrons. The largest absolute Gasteiger partial charge is 0.425 e. The van der Waals surface area contributed by atoms with Crippen LogP contribution < -0.4 is 10.1 Å². The number of rotatable bonds is 1. The van der Waals surface area contributed by atoms with Crippen molar-refractivity contribution in [2.75, 3.05) is 5.32 Å². The summed E-state index contributed by atoms with van der Waals surface area (Å²) < 4.78 is 6.25. The first-order valence-corrected chi connectivity index (χ1v) is 7.30. The van der Waals surface area contributed by atoms with Gasteiger partial charge >= 0.3 is 5.97 Å². The van der Waals surface area contributed by atoms with Crippen molar-refractivity contribution in [3.05, 3.63) is 21.7 Å². The number of fused-ring (bicyclic) bond motifs is 1. The van der Waals surface area contributed by atoms with Crippen LogP contribution in [0, 0.1) is 6.92 Å². The van der Waals surface area contributed by atoms with Crippen molar-refractivity contribution in [2.24, 2.45) is 0 Å². The number of carbonyl (C=O) groups is 1. The number of anilines is 1. The fourth-order valence-corrected chi connectivity index (χ4v) is 3.56. The summed E-state index contributed by atoms with van der Waals surface area (Å²) in [6.07, 6.45) is 1.00. The maximum absolute atomic E-state index is 11.3. The van der Waals surface area contributed by atoms with Crippen molar-refractivity contribution in [1.29, 1.82) is 0 Å². The standard InChI is InChI=1S/C15H20BrNO2/c1-8-6-11(16)14(19-10(3)18)12-9(2)7-15(4,5)17-13(8)12/h6,9,17H,7H2,1-5H3. The van der Waals surface area contributed by atoms with E-state index in [9.17, 15) is 4.79 Å². The highest BCUT2D eigenvalue weighted by molar-refractivity contribution is 9.10. The van der Waals surface area contributed by atoms with Crippen molar-refractivity contribution < 1.29 is 9.53 Å². The van der Waals surface area contributed by atoms with E-state index in [0.717, 1.165) is 27.7 Å². The van der Waals surface area contributed by atoms with Crippen LogP contribution in [0.5, 0.6) is 5.75 Å². The van der Waals surface area contributed by atoms with Crippen LogP contribution in [0.15, 0.2) is 10.5 Å². The van der Waals surface area contributed by atoms with Gasteiger partial charge in [-0.25, -0.2) is 0 Å². The molecule has 0 saturated heterocycles. The topological polar surface area (TPSA) is 38.3 Å². The fourth-order valence-electron chi connectivity index (χ4n) is 2.92. The van der Waals surface area contributed by atoms with Crippen molar-refractivity contribution in [3.63, 3.8) is 0 Å². The number of benzene rings is 1. The smallest absolute Gasteiger partial charge is 0.308 e. The number of esters is 1. The lowest BCUT2D eigenvalue weighted by Crippen LogP contribution is -2.37. The van der Waals surface area contributed by atoms with Gasteiger partial charge in [0, 0.05) is 23.7 Å². The average molecular weight is 326 g/mol. The Labute approximate surface area is 122 Å². The second-order valence-electron chi connectivity index (χ2n) is 6.00. The number of nitrogens with one attached hydrogen (secondary N) is 1. The molecule has 104 valence electrons. The molecule has 3 nitrogen and oxygen atoms in total. The zero-order chi connectivity index (χ0) is 14.4. The van der Waals surface area contributed by atoms with Gasteiger partial charge in [0.1, 0.15) is 0 Å². The molecular formula is C15H20BrNO2.